The summed E-state index contributed by atoms with van der Waals surface area (Å²) >= 11 is 1.42. The second-order valence-electron chi connectivity index (χ2n) is 10.7. The minimum atomic E-state index is -1.10. The van der Waals surface area contributed by atoms with Gasteiger partial charge in [-0.05, 0) is 77.1 Å². The summed E-state index contributed by atoms with van der Waals surface area (Å²) in [6, 6.07) is 10.8. The van der Waals surface area contributed by atoms with Crippen molar-refractivity contribution in [1.29, 1.82) is 0 Å². The molecule has 1 aliphatic rings. The highest BCUT2D eigenvalue weighted by Crippen LogP contribution is 2.42. The predicted octanol–water partition coefficient (Wildman–Crippen LogP) is 6.91. The zero-order valence-corrected chi connectivity index (χ0v) is 23.5. The lowest BCUT2D eigenvalue weighted by Gasteiger charge is -2.36. The zero-order chi connectivity index (χ0) is 28.3. The van der Waals surface area contributed by atoms with Crippen LogP contribution in [0, 0.1) is 6.57 Å². The second-order valence-corrected chi connectivity index (χ2v) is 11.6. The molecule has 9 nitrogen and oxygen atoms in total. The lowest BCUT2D eigenvalue weighted by molar-refractivity contribution is -0.139. The number of carbonyl (C=O) groups is 2. The number of fused-ring (bicyclic) bond motifs is 1. The molecule has 0 aliphatic heterocycles. The number of nitrogens with zero attached hydrogens (tertiary/aromatic N) is 4. The van der Waals surface area contributed by atoms with Gasteiger partial charge in [-0.2, -0.15) is 0 Å². The molecule has 0 saturated heterocycles. The number of hydrogen-bond acceptors (Lipinski definition) is 7. The van der Waals surface area contributed by atoms with Gasteiger partial charge in [-0.15, -0.1) is 10.2 Å². The lowest BCUT2D eigenvalue weighted by atomic mass is 9.84. The van der Waals surface area contributed by atoms with E-state index in [9.17, 15) is 14.7 Å². The minimum Gasteiger partial charge on any atom is -0.502 e. The van der Waals surface area contributed by atoms with Gasteiger partial charge >= 0.3 is 12.1 Å². The number of benzene rings is 2. The highest BCUT2D eigenvalue weighted by Gasteiger charge is 2.34. The van der Waals surface area contributed by atoms with Gasteiger partial charge < -0.3 is 14.6 Å². The molecule has 0 saturated carbocycles. The fourth-order valence-corrected chi connectivity index (χ4v) is 5.55. The Labute approximate surface area is 232 Å². The third kappa shape index (κ3) is 6.55. The van der Waals surface area contributed by atoms with Gasteiger partial charge in [0, 0.05) is 11.1 Å². The lowest BCUT2D eigenvalue weighted by Crippen LogP contribution is -2.43. The maximum absolute atomic E-state index is 13.0. The van der Waals surface area contributed by atoms with E-state index in [-0.39, 0.29) is 6.10 Å². The van der Waals surface area contributed by atoms with Gasteiger partial charge in [-0.1, -0.05) is 35.6 Å². The number of rotatable bonds is 7. The van der Waals surface area contributed by atoms with Crippen molar-refractivity contribution < 1.29 is 24.2 Å². The number of hydrogen-bond donors (Lipinski definition) is 1. The van der Waals surface area contributed by atoms with Gasteiger partial charge in [0.1, 0.15) is 27.9 Å². The van der Waals surface area contributed by atoms with Crippen molar-refractivity contribution in [3.05, 3.63) is 58.9 Å². The Hall–Kier alpha value is -3.97. The van der Waals surface area contributed by atoms with E-state index in [4.69, 9.17) is 16.0 Å². The van der Waals surface area contributed by atoms with Crippen molar-refractivity contribution in [2.75, 3.05) is 6.54 Å². The largest absolute Gasteiger partial charge is 0.502 e. The van der Waals surface area contributed by atoms with Crippen molar-refractivity contribution in [1.82, 2.24) is 15.1 Å². The second kappa shape index (κ2) is 11.4. The predicted molar refractivity (Wildman–Crippen MR) is 149 cm³/mol. The van der Waals surface area contributed by atoms with Crippen LogP contribution in [-0.4, -0.2) is 50.5 Å². The van der Waals surface area contributed by atoms with Crippen molar-refractivity contribution >= 4 is 29.1 Å². The van der Waals surface area contributed by atoms with Gasteiger partial charge in [-0.3, -0.25) is 9.69 Å². The molecular weight excluding hydrogens is 516 g/mol. The molecular formula is C29H32N4O5S. The van der Waals surface area contributed by atoms with Crippen molar-refractivity contribution in [3.63, 3.8) is 0 Å². The molecule has 1 amide bonds. The normalized spacial score (nSPS) is 14.8. The minimum absolute atomic E-state index is 0.0423. The molecule has 0 fully saturated rings. The summed E-state index contributed by atoms with van der Waals surface area (Å²) in [5.41, 5.74) is 3.28. The van der Waals surface area contributed by atoms with Crippen LogP contribution >= 0.6 is 11.3 Å². The zero-order valence-electron chi connectivity index (χ0n) is 22.7. The summed E-state index contributed by atoms with van der Waals surface area (Å²) in [6.07, 6.45) is 1.50. The number of aromatic nitrogens is 2. The molecule has 1 aromatic heterocycles. The fourth-order valence-electron chi connectivity index (χ4n) is 4.66. The average Bonchev–Trinajstić information content (AvgIpc) is 3.35. The van der Waals surface area contributed by atoms with E-state index in [0.29, 0.717) is 22.9 Å². The molecule has 4 rings (SSSR count). The molecule has 0 bridgehead atoms. The molecule has 1 N–H and O–H groups in total. The van der Waals surface area contributed by atoms with Crippen LogP contribution in [0.25, 0.3) is 26.0 Å². The SMILES string of the molecule is [C-]#[N+]c1cc(-c2nnc(-c3cccc4c3CCC[C@H]4N(CC(=O)O)C(=O)OC(C)(C)C)s2)ccc1OC(C)C. The van der Waals surface area contributed by atoms with Crippen LogP contribution < -0.4 is 4.74 Å². The Balaban J connectivity index is 1.68. The summed E-state index contributed by atoms with van der Waals surface area (Å²) in [6.45, 7) is 16.2. The number of aliphatic carboxylic acids is 1. The molecule has 3 aromatic rings. The first-order valence-corrected chi connectivity index (χ1v) is 13.6. The maximum Gasteiger partial charge on any atom is 0.411 e. The molecule has 1 aliphatic carbocycles. The fraction of sp³-hybridized carbons (Fsp3) is 0.414. The van der Waals surface area contributed by atoms with Crippen molar-refractivity contribution in [2.24, 2.45) is 0 Å². The highest BCUT2D eigenvalue weighted by atomic mass is 32.1. The molecule has 0 unspecified atom stereocenters. The Kier molecular flexibility index (Phi) is 8.21. The van der Waals surface area contributed by atoms with Crippen LogP contribution in [0.5, 0.6) is 5.75 Å². The summed E-state index contributed by atoms with van der Waals surface area (Å²) in [5.74, 6) is -0.561. The molecule has 0 spiro atoms. The highest BCUT2D eigenvalue weighted by molar-refractivity contribution is 7.17. The summed E-state index contributed by atoms with van der Waals surface area (Å²) in [4.78, 5) is 29.7. The van der Waals surface area contributed by atoms with Gasteiger partial charge in [0.15, 0.2) is 0 Å². The number of carboxylic acid groups (broad SMARTS) is 1. The van der Waals surface area contributed by atoms with Crippen LogP contribution in [0.4, 0.5) is 10.5 Å². The van der Waals surface area contributed by atoms with Crippen LogP contribution in [-0.2, 0) is 16.0 Å². The smallest absolute Gasteiger partial charge is 0.411 e. The number of carbonyl (C=O) groups excluding carboxylic acids is 1. The monoisotopic (exact) mass is 548 g/mol. The van der Waals surface area contributed by atoms with Crippen LogP contribution in [0.2, 0.25) is 0 Å². The third-order valence-electron chi connectivity index (χ3n) is 6.13. The molecule has 2 aromatic carbocycles. The maximum atomic E-state index is 13.0. The Morgan fingerprint density at radius 3 is 2.62 bits per heavy atom. The first-order valence-electron chi connectivity index (χ1n) is 12.8. The number of carboxylic acids is 1. The van der Waals surface area contributed by atoms with E-state index in [1.165, 1.54) is 16.2 Å². The Morgan fingerprint density at radius 2 is 1.95 bits per heavy atom. The van der Waals surface area contributed by atoms with Gasteiger partial charge in [0.25, 0.3) is 0 Å². The van der Waals surface area contributed by atoms with Gasteiger partial charge in [0.05, 0.1) is 18.7 Å². The molecule has 10 heteroatoms. The standard InChI is InChI=1S/C29H32N4O5S/c1-17(2)37-24-14-13-18(15-22(24)30-6)26-31-32-27(39-26)21-11-7-10-20-19(21)9-8-12-23(20)33(16-25(34)35)28(36)38-29(3,4)5/h7,10-11,13-15,17,23H,8-9,12,16H2,1-5H3,(H,34,35)/t23-/m1/s1. The van der Waals surface area contributed by atoms with Gasteiger partial charge in [0.2, 0.25) is 5.69 Å². The molecule has 1 heterocycles. The average molecular weight is 549 g/mol. The summed E-state index contributed by atoms with van der Waals surface area (Å²) in [7, 11) is 0. The van der Waals surface area contributed by atoms with Crippen molar-refractivity contribution in [2.45, 2.75) is 71.6 Å². The van der Waals surface area contributed by atoms with E-state index in [1.54, 1.807) is 32.9 Å². The van der Waals surface area contributed by atoms with Crippen LogP contribution in [0.3, 0.4) is 0 Å². The van der Waals surface area contributed by atoms with Crippen LogP contribution in [0.1, 0.15) is 64.6 Å². The topological polar surface area (TPSA) is 106 Å². The number of amides is 1. The quantitative estimate of drug-likeness (QED) is 0.320. The number of ether oxygens (including phenoxy) is 2. The van der Waals surface area contributed by atoms with E-state index < -0.39 is 30.3 Å². The first kappa shape index (κ1) is 28.0. The van der Waals surface area contributed by atoms with Crippen LogP contribution in [0.15, 0.2) is 36.4 Å². The summed E-state index contributed by atoms with van der Waals surface area (Å²) < 4.78 is 11.3. The molecule has 39 heavy (non-hydrogen) atoms. The summed E-state index contributed by atoms with van der Waals surface area (Å²) in [5, 5.41) is 19.8. The Bertz CT molecular complexity index is 1420. The van der Waals surface area contributed by atoms with E-state index in [1.807, 2.05) is 38.1 Å². The Morgan fingerprint density at radius 1 is 1.21 bits per heavy atom. The molecule has 1 atom stereocenters. The molecule has 204 valence electrons. The van der Waals surface area contributed by atoms with E-state index in [0.717, 1.165) is 40.1 Å². The van der Waals surface area contributed by atoms with E-state index in [2.05, 4.69) is 15.0 Å². The van der Waals surface area contributed by atoms with Crippen molar-refractivity contribution in [3.8, 4) is 26.9 Å². The van der Waals surface area contributed by atoms with Gasteiger partial charge in [-0.25, -0.2) is 9.64 Å². The first-order chi connectivity index (χ1) is 18.5. The van der Waals surface area contributed by atoms with E-state index >= 15 is 0 Å². The molecule has 0 radical (unpaired) electrons. The third-order valence-corrected chi connectivity index (χ3v) is 7.14.